The number of fused-ring (bicyclic) bond motifs is 1. The van der Waals surface area contributed by atoms with Crippen LogP contribution in [-0.2, 0) is 33.3 Å². The third kappa shape index (κ3) is 6.05. The Kier molecular flexibility index (Phi) is 9.50. The Morgan fingerprint density at radius 1 is 1.20 bits per heavy atom. The van der Waals surface area contributed by atoms with Crippen LogP contribution in [0.5, 0.6) is 0 Å². The van der Waals surface area contributed by atoms with E-state index in [1.54, 1.807) is 0 Å². The zero-order valence-electron chi connectivity index (χ0n) is 18.9. The summed E-state index contributed by atoms with van der Waals surface area (Å²) < 4.78 is 25.1. The zero-order valence-corrected chi connectivity index (χ0v) is 18.9. The van der Waals surface area contributed by atoms with Gasteiger partial charge in [0, 0.05) is 14.0 Å². The molecule has 6 unspecified atom stereocenters. The lowest BCUT2D eigenvalue weighted by molar-refractivity contribution is -0.499. The van der Waals surface area contributed by atoms with Gasteiger partial charge in [0.2, 0.25) is 5.91 Å². The second kappa shape index (κ2) is 11.2. The van der Waals surface area contributed by atoms with Crippen LogP contribution < -0.4 is 0 Å². The van der Waals surface area contributed by atoms with E-state index in [4.69, 9.17) is 24.1 Å². The fourth-order valence-electron chi connectivity index (χ4n) is 3.79. The number of aliphatic hydroxyl groups excluding tert-OH is 6. The number of carbonyl (C=O) groups excluding carboxylic acids is 1. The molecule has 0 aromatic rings. The second-order valence-corrected chi connectivity index (χ2v) is 7.98. The first-order valence-electron chi connectivity index (χ1n) is 10.3. The van der Waals surface area contributed by atoms with Crippen LogP contribution in [0.25, 0.3) is 0 Å². The molecule has 2 saturated heterocycles. The molecule has 0 radical (unpaired) electrons. The number of rotatable bonds is 13. The molecule has 2 rings (SSSR count). The van der Waals surface area contributed by atoms with E-state index in [0.29, 0.717) is 0 Å². The van der Waals surface area contributed by atoms with Crippen LogP contribution in [0.2, 0.25) is 0 Å². The smallest absolute Gasteiger partial charge is 0.408 e. The third-order valence-electron chi connectivity index (χ3n) is 5.55. The maximum atomic E-state index is 12.0. The van der Waals surface area contributed by atoms with Crippen molar-refractivity contribution < 1.29 is 79.2 Å². The monoisotopic (exact) mass is 517 g/mol. The van der Waals surface area contributed by atoms with E-state index < -0.39 is 92.2 Å². The highest BCUT2D eigenvalue weighted by atomic mass is 16.9. The zero-order chi connectivity index (χ0) is 26.9. The Morgan fingerprint density at radius 3 is 2.26 bits per heavy atom. The van der Waals surface area contributed by atoms with E-state index in [9.17, 15) is 50.4 Å². The summed E-state index contributed by atoms with van der Waals surface area (Å²) in [6.45, 7) is 0.366. The number of nitrogens with zero attached hydrogens (tertiary/aromatic N) is 1. The number of carboxylic acid groups (broad SMARTS) is 1. The van der Waals surface area contributed by atoms with Crippen molar-refractivity contribution in [2.24, 2.45) is 0 Å². The highest BCUT2D eigenvalue weighted by Gasteiger charge is 2.77. The molecule has 35 heavy (non-hydrogen) atoms. The Hall–Kier alpha value is -1.58. The van der Waals surface area contributed by atoms with Crippen molar-refractivity contribution in [3.8, 4) is 0 Å². The van der Waals surface area contributed by atoms with E-state index in [2.05, 4.69) is 4.74 Å². The van der Waals surface area contributed by atoms with Crippen molar-refractivity contribution in [3.63, 3.8) is 0 Å². The van der Waals surface area contributed by atoms with Gasteiger partial charge in [-0.15, -0.1) is 0 Å². The van der Waals surface area contributed by atoms with Crippen molar-refractivity contribution in [1.82, 2.24) is 4.90 Å². The molecular weight excluding hydrogens is 486 g/mol. The molecular formula is C18H31NO16. The number of aliphatic carboxylic acids is 1. The van der Waals surface area contributed by atoms with Crippen molar-refractivity contribution in [1.29, 1.82) is 0 Å². The fraction of sp³-hybridized carbons (Fsp3) is 0.889. The van der Waals surface area contributed by atoms with Crippen molar-refractivity contribution in [2.45, 2.75) is 81.0 Å². The summed E-state index contributed by atoms with van der Waals surface area (Å²) in [7, 11) is 1.15. The Morgan fingerprint density at radius 2 is 1.80 bits per heavy atom. The van der Waals surface area contributed by atoms with Crippen LogP contribution in [-0.4, -0.2) is 150 Å². The first-order chi connectivity index (χ1) is 16.2. The van der Waals surface area contributed by atoms with Crippen molar-refractivity contribution in [3.05, 3.63) is 0 Å². The molecule has 0 aliphatic carbocycles. The number of hydrogen-bond donors (Lipinski definition) is 9. The highest BCUT2D eigenvalue weighted by molar-refractivity contribution is 5.78. The lowest BCUT2D eigenvalue weighted by atomic mass is 10.0. The predicted octanol–water partition coefficient (Wildman–Crippen LogP) is -5.84. The molecule has 0 bridgehead atoms. The van der Waals surface area contributed by atoms with Gasteiger partial charge in [-0.3, -0.25) is 19.2 Å². The van der Waals surface area contributed by atoms with Gasteiger partial charge in [0.1, 0.15) is 36.6 Å². The average molecular weight is 517 g/mol. The van der Waals surface area contributed by atoms with Gasteiger partial charge in [0.25, 0.3) is 5.91 Å². The predicted molar refractivity (Wildman–Crippen MR) is 104 cm³/mol. The lowest BCUT2D eigenvalue weighted by Crippen LogP contribution is -2.58. The minimum Gasteiger partial charge on any atom is -0.479 e. The van der Waals surface area contributed by atoms with Gasteiger partial charge in [-0.25, -0.2) is 4.79 Å². The Labute approximate surface area is 198 Å². The number of carbonyl (C=O) groups is 2. The largest absolute Gasteiger partial charge is 0.479 e. The molecule has 2 heterocycles. The molecule has 17 heteroatoms. The van der Waals surface area contributed by atoms with Gasteiger partial charge >= 0.3 is 12.1 Å². The van der Waals surface area contributed by atoms with E-state index >= 15 is 0 Å². The van der Waals surface area contributed by atoms with Crippen molar-refractivity contribution in [2.75, 3.05) is 20.3 Å². The van der Waals surface area contributed by atoms with Crippen LogP contribution in [0.1, 0.15) is 13.8 Å². The maximum absolute atomic E-state index is 12.0. The summed E-state index contributed by atoms with van der Waals surface area (Å²) >= 11 is 0. The second-order valence-electron chi connectivity index (χ2n) is 7.98. The van der Waals surface area contributed by atoms with Crippen LogP contribution in [0.15, 0.2) is 0 Å². The van der Waals surface area contributed by atoms with Crippen molar-refractivity contribution >= 4 is 11.9 Å². The molecule has 2 aliphatic heterocycles. The summed E-state index contributed by atoms with van der Waals surface area (Å²) in [6.07, 6.45) is -18.8. The molecule has 0 aromatic carbocycles. The summed E-state index contributed by atoms with van der Waals surface area (Å²) in [4.78, 5) is 24.5. The molecule has 10 atom stereocenters. The van der Waals surface area contributed by atoms with E-state index in [1.807, 2.05) is 0 Å². The first kappa shape index (κ1) is 29.6. The van der Waals surface area contributed by atoms with Crippen LogP contribution in [0.4, 0.5) is 0 Å². The average Bonchev–Trinajstić information content (AvgIpc) is 3.47. The molecule has 1 amide bonds. The van der Waals surface area contributed by atoms with Crippen LogP contribution >= 0.6 is 0 Å². The lowest BCUT2D eigenvalue weighted by Gasteiger charge is -2.38. The molecule has 2 fully saturated rings. The number of methoxy groups -OCH3 is 1. The standard InChI is InChI=1S/C18H31NO16/c1-6(32-16(28)10(24)8(23)4-20)12(15(26)27)34-18(29,30)35-13-11(25)9(5-21)33-17(31-3)14(13)19(17)7(2)22/h6,8-14,16,20-21,23-25,28-30H,4-5H2,1-3H3,(H,26,27)/t6-,8?,9?,10+,11+,12?,13?,14-,16?,17?,19?/m0/s1. The summed E-state index contributed by atoms with van der Waals surface area (Å²) in [5, 5.41) is 87.5. The summed E-state index contributed by atoms with van der Waals surface area (Å²) in [5.74, 6) is -4.28. The van der Waals surface area contributed by atoms with Crippen LogP contribution in [0.3, 0.4) is 0 Å². The van der Waals surface area contributed by atoms with Gasteiger partial charge in [-0.05, 0) is 6.92 Å². The van der Waals surface area contributed by atoms with Crippen LogP contribution in [0, 0.1) is 0 Å². The third-order valence-corrected chi connectivity index (χ3v) is 5.55. The van der Waals surface area contributed by atoms with Gasteiger partial charge in [0.05, 0.1) is 19.3 Å². The minimum absolute atomic E-state index is 0.623. The Bertz CT molecular complexity index is 752. The number of amides is 1. The molecule has 17 nitrogen and oxygen atoms in total. The Balaban J connectivity index is 2.19. The quantitative estimate of drug-likeness (QED) is 0.0813. The molecule has 204 valence electrons. The molecule has 9 N–H and O–H groups in total. The number of carboxylic acids is 1. The number of ether oxygens (including phenoxy) is 5. The summed E-state index contributed by atoms with van der Waals surface area (Å²) in [6, 6.07) is -1.25. The SMILES string of the molecule is COC12OC(CO)[C@@H](O)C(OC(O)(O)OC(C(=O)O)[C@H](C)OC(O)[C@H](O)C(O)CO)[C@@H]1N2C(C)=O. The number of hydrogen-bond acceptors (Lipinski definition) is 15. The van der Waals surface area contributed by atoms with Gasteiger partial charge in [-0.1, -0.05) is 0 Å². The molecule has 0 saturated carbocycles. The first-order valence-corrected chi connectivity index (χ1v) is 10.3. The van der Waals surface area contributed by atoms with E-state index in [0.717, 1.165) is 25.9 Å². The summed E-state index contributed by atoms with van der Waals surface area (Å²) in [5.41, 5.74) is 0. The minimum atomic E-state index is -3.75. The molecule has 2 aliphatic rings. The van der Waals surface area contributed by atoms with Gasteiger partial charge in [-0.2, -0.15) is 0 Å². The highest BCUT2D eigenvalue weighted by Crippen LogP contribution is 2.51. The number of aliphatic hydroxyl groups is 8. The fourth-order valence-corrected chi connectivity index (χ4v) is 3.79. The van der Waals surface area contributed by atoms with Gasteiger partial charge in [0.15, 0.2) is 12.4 Å². The topological polar surface area (TPSA) is 265 Å². The maximum Gasteiger partial charge on any atom is 0.408 e. The van der Waals surface area contributed by atoms with Gasteiger partial charge < -0.3 is 60.2 Å². The van der Waals surface area contributed by atoms with E-state index in [-0.39, 0.29) is 0 Å². The van der Waals surface area contributed by atoms with E-state index in [1.165, 1.54) is 0 Å². The normalized spacial score (nSPS) is 32.8. The molecule has 0 spiro atoms. The molecule has 0 aromatic heterocycles.